The van der Waals surface area contributed by atoms with E-state index in [9.17, 15) is 0 Å². The standard InChI is InChI=1S/C9H11O2/c1-8(2)6-10-7-9-4-3-5-11-9/h3-7H,1-2H3/q-1/b9-7-. The van der Waals surface area contributed by atoms with Crippen molar-refractivity contribution < 1.29 is 9.47 Å². The molecule has 1 heterocycles. The van der Waals surface area contributed by atoms with Crippen LogP contribution in [0.5, 0.6) is 0 Å². The summed E-state index contributed by atoms with van der Waals surface area (Å²) in [5, 5.41) is 0. The van der Waals surface area contributed by atoms with Gasteiger partial charge >= 0.3 is 0 Å². The van der Waals surface area contributed by atoms with Gasteiger partial charge in [0, 0.05) is 12.0 Å². The van der Waals surface area contributed by atoms with Crippen LogP contribution >= 0.6 is 0 Å². The fourth-order valence-electron chi connectivity index (χ4n) is 0.595. The van der Waals surface area contributed by atoms with E-state index in [0.717, 1.165) is 11.3 Å². The summed E-state index contributed by atoms with van der Waals surface area (Å²) in [6.07, 6.45) is 8.49. The molecular weight excluding hydrogens is 140 g/mol. The Bertz CT molecular complexity index is 198. The number of hydrogen-bond acceptors (Lipinski definition) is 2. The first kappa shape index (κ1) is 7.79. The summed E-state index contributed by atoms with van der Waals surface area (Å²) in [7, 11) is 0. The highest BCUT2D eigenvalue weighted by molar-refractivity contribution is 5.19. The van der Waals surface area contributed by atoms with Crippen molar-refractivity contribution in [3.05, 3.63) is 42.6 Å². The van der Waals surface area contributed by atoms with Gasteiger partial charge in [0.05, 0.1) is 6.26 Å². The minimum Gasteiger partial charge on any atom is -0.544 e. The molecule has 0 radical (unpaired) electrons. The highest BCUT2D eigenvalue weighted by atomic mass is 16.5. The lowest BCUT2D eigenvalue weighted by Gasteiger charge is -2.04. The van der Waals surface area contributed by atoms with Gasteiger partial charge in [0.2, 0.25) is 0 Å². The zero-order valence-corrected chi connectivity index (χ0v) is 6.70. The quantitative estimate of drug-likeness (QED) is 0.446. The predicted octanol–water partition coefficient (Wildman–Crippen LogP) is 2.52. The zero-order chi connectivity index (χ0) is 8.10. The minimum atomic E-state index is 0.725. The summed E-state index contributed by atoms with van der Waals surface area (Å²) in [6.45, 7) is 3.94. The van der Waals surface area contributed by atoms with Gasteiger partial charge in [-0.05, 0) is 25.7 Å². The summed E-state index contributed by atoms with van der Waals surface area (Å²) < 4.78 is 10.1. The third-order valence-corrected chi connectivity index (χ3v) is 1.03. The van der Waals surface area contributed by atoms with E-state index in [0.29, 0.717) is 0 Å². The summed E-state index contributed by atoms with van der Waals surface area (Å²) in [4.78, 5) is 0. The molecule has 0 fully saturated rings. The van der Waals surface area contributed by atoms with Gasteiger partial charge in [-0.1, -0.05) is 0 Å². The monoisotopic (exact) mass is 151 g/mol. The second-order valence-corrected chi connectivity index (χ2v) is 2.46. The maximum absolute atomic E-state index is 5.06. The first-order chi connectivity index (χ1) is 5.29. The van der Waals surface area contributed by atoms with Crippen LogP contribution in [0, 0.1) is 6.42 Å². The second-order valence-electron chi connectivity index (χ2n) is 2.46. The fraction of sp³-hybridized carbons (Fsp3) is 0.222. The first-order valence-electron chi connectivity index (χ1n) is 3.44. The molecule has 0 aromatic carbocycles. The fourth-order valence-corrected chi connectivity index (χ4v) is 0.595. The molecule has 1 aliphatic heterocycles. The first-order valence-corrected chi connectivity index (χ1v) is 3.44. The Balaban J connectivity index is 2.30. The van der Waals surface area contributed by atoms with E-state index in [4.69, 9.17) is 9.47 Å². The van der Waals surface area contributed by atoms with Crippen molar-refractivity contribution in [2.75, 3.05) is 0 Å². The van der Waals surface area contributed by atoms with Gasteiger partial charge in [-0.2, -0.15) is 0 Å². The largest absolute Gasteiger partial charge is 0.544 e. The van der Waals surface area contributed by atoms with Crippen molar-refractivity contribution in [1.29, 1.82) is 0 Å². The average molecular weight is 151 g/mol. The highest BCUT2D eigenvalue weighted by Crippen LogP contribution is 2.11. The van der Waals surface area contributed by atoms with Gasteiger partial charge in [-0.15, -0.1) is 12.5 Å². The number of ether oxygens (including phenoxy) is 2. The molecule has 0 N–H and O–H groups in total. The molecule has 0 bridgehead atoms. The third-order valence-electron chi connectivity index (χ3n) is 1.03. The molecule has 0 spiro atoms. The molecule has 2 nitrogen and oxygen atoms in total. The number of rotatable bonds is 2. The second kappa shape index (κ2) is 3.76. The molecule has 0 amide bonds. The highest BCUT2D eigenvalue weighted by Gasteiger charge is 1.89. The Morgan fingerprint density at radius 2 is 2.45 bits per heavy atom. The minimum absolute atomic E-state index is 0.725. The van der Waals surface area contributed by atoms with Crippen LogP contribution in [0.1, 0.15) is 13.8 Å². The molecule has 0 aromatic rings. The molecule has 1 rings (SSSR count). The molecule has 11 heavy (non-hydrogen) atoms. The Morgan fingerprint density at radius 3 is 3.00 bits per heavy atom. The molecular formula is C9H11O2-. The van der Waals surface area contributed by atoms with Crippen LogP contribution in [-0.4, -0.2) is 0 Å². The third kappa shape index (κ3) is 2.85. The molecule has 0 saturated heterocycles. The van der Waals surface area contributed by atoms with E-state index >= 15 is 0 Å². The molecule has 0 unspecified atom stereocenters. The Kier molecular flexibility index (Phi) is 2.66. The Morgan fingerprint density at radius 1 is 1.64 bits per heavy atom. The van der Waals surface area contributed by atoms with Gasteiger partial charge in [0.1, 0.15) is 0 Å². The van der Waals surface area contributed by atoms with Crippen LogP contribution in [-0.2, 0) is 9.47 Å². The van der Waals surface area contributed by atoms with Crippen molar-refractivity contribution in [2.24, 2.45) is 0 Å². The normalized spacial score (nSPS) is 17.5. The molecule has 0 aliphatic carbocycles. The number of allylic oxidation sites excluding steroid dienone is 2. The molecule has 0 atom stereocenters. The summed E-state index contributed by atoms with van der Waals surface area (Å²) in [5.41, 5.74) is 1.12. The van der Waals surface area contributed by atoms with E-state index in [1.54, 1.807) is 18.8 Å². The van der Waals surface area contributed by atoms with Crippen molar-refractivity contribution >= 4 is 0 Å². The smallest absolute Gasteiger partial charge is 0.0713 e. The van der Waals surface area contributed by atoms with Gasteiger partial charge in [0.25, 0.3) is 0 Å². The lowest BCUT2D eigenvalue weighted by Crippen LogP contribution is -1.79. The SMILES string of the molecule is CC(C)=CO/C=C1/[CH-]C=CO1. The molecule has 2 heteroatoms. The van der Waals surface area contributed by atoms with Crippen LogP contribution in [0.25, 0.3) is 0 Å². The van der Waals surface area contributed by atoms with Crippen molar-refractivity contribution in [1.82, 2.24) is 0 Å². The van der Waals surface area contributed by atoms with E-state index in [1.807, 2.05) is 26.3 Å². The van der Waals surface area contributed by atoms with E-state index in [1.165, 1.54) is 0 Å². The van der Waals surface area contributed by atoms with Crippen LogP contribution in [0.3, 0.4) is 0 Å². The summed E-state index contributed by atoms with van der Waals surface area (Å²) >= 11 is 0. The lowest BCUT2D eigenvalue weighted by atomic mass is 10.4. The lowest BCUT2D eigenvalue weighted by molar-refractivity contribution is 0.324. The van der Waals surface area contributed by atoms with Gasteiger partial charge < -0.3 is 9.47 Å². The van der Waals surface area contributed by atoms with E-state index in [-0.39, 0.29) is 0 Å². The van der Waals surface area contributed by atoms with E-state index < -0.39 is 0 Å². The van der Waals surface area contributed by atoms with Crippen molar-refractivity contribution in [2.45, 2.75) is 13.8 Å². The average Bonchev–Trinajstić information content (AvgIpc) is 2.39. The summed E-state index contributed by atoms with van der Waals surface area (Å²) in [5.74, 6) is 0.725. The van der Waals surface area contributed by atoms with Gasteiger partial charge in [-0.25, -0.2) is 0 Å². The predicted molar refractivity (Wildman–Crippen MR) is 43.1 cm³/mol. The zero-order valence-electron chi connectivity index (χ0n) is 6.70. The molecule has 0 saturated carbocycles. The van der Waals surface area contributed by atoms with Crippen LogP contribution in [0.15, 0.2) is 36.2 Å². The van der Waals surface area contributed by atoms with Crippen LogP contribution in [0.4, 0.5) is 0 Å². The number of hydrogen-bond donors (Lipinski definition) is 0. The summed E-state index contributed by atoms with van der Waals surface area (Å²) in [6, 6.07) is 0. The van der Waals surface area contributed by atoms with Crippen LogP contribution in [0.2, 0.25) is 0 Å². The molecule has 1 aliphatic rings. The molecule has 60 valence electrons. The maximum atomic E-state index is 5.06. The van der Waals surface area contributed by atoms with Crippen LogP contribution < -0.4 is 0 Å². The van der Waals surface area contributed by atoms with Gasteiger partial charge in [0.15, 0.2) is 0 Å². The Labute approximate surface area is 66.8 Å². The Hall–Kier alpha value is -1.31. The van der Waals surface area contributed by atoms with Gasteiger partial charge in [-0.3, -0.25) is 0 Å². The van der Waals surface area contributed by atoms with Crippen molar-refractivity contribution in [3.8, 4) is 0 Å². The molecule has 0 aromatic heterocycles. The van der Waals surface area contributed by atoms with Crippen molar-refractivity contribution in [3.63, 3.8) is 0 Å². The topological polar surface area (TPSA) is 18.5 Å². The maximum Gasteiger partial charge on any atom is 0.0713 e. The van der Waals surface area contributed by atoms with E-state index in [2.05, 4.69) is 0 Å².